The lowest BCUT2D eigenvalue weighted by Gasteiger charge is -2.29. The second kappa shape index (κ2) is 12.2. The number of benzene rings is 1. The third-order valence-electron chi connectivity index (χ3n) is 8.70. The molecule has 246 valence electrons. The highest BCUT2D eigenvalue weighted by molar-refractivity contribution is 7.13. The zero-order chi connectivity index (χ0) is 33.7. The first-order valence-electron chi connectivity index (χ1n) is 15.4. The number of thiazole rings is 1. The van der Waals surface area contributed by atoms with Gasteiger partial charge in [-0.2, -0.15) is 0 Å². The molecule has 11 nitrogen and oxygen atoms in total. The van der Waals surface area contributed by atoms with Crippen LogP contribution in [0.2, 0.25) is 0 Å². The minimum Gasteiger partial charge on any atom is -0.496 e. The Hall–Kier alpha value is -4.19. The molecule has 2 fully saturated rings. The second-order valence-electron chi connectivity index (χ2n) is 13.4. The molecule has 2 aliphatic rings. The predicted octanol–water partition coefficient (Wildman–Crippen LogP) is 5.95. The van der Waals surface area contributed by atoms with Gasteiger partial charge in [0.25, 0.3) is 0 Å². The van der Waals surface area contributed by atoms with Crippen LogP contribution in [0.25, 0.3) is 21.6 Å². The van der Waals surface area contributed by atoms with Gasteiger partial charge in [0, 0.05) is 34.2 Å². The molecule has 5 rings (SSSR count). The van der Waals surface area contributed by atoms with Gasteiger partial charge < -0.3 is 24.6 Å². The number of nitrogens with one attached hydrogen (secondary N) is 1. The van der Waals surface area contributed by atoms with Gasteiger partial charge in [-0.25, -0.2) is 19.6 Å². The number of ether oxygens (including phenoxy) is 3. The molecule has 1 aliphatic carbocycles. The van der Waals surface area contributed by atoms with Crippen LogP contribution in [0.4, 0.5) is 4.79 Å². The summed E-state index contributed by atoms with van der Waals surface area (Å²) in [5.41, 5.74) is 0.845. The molecule has 0 bridgehead atoms. The van der Waals surface area contributed by atoms with Gasteiger partial charge in [-0.05, 0) is 52.2 Å². The van der Waals surface area contributed by atoms with Gasteiger partial charge in [0.15, 0.2) is 0 Å². The molecule has 5 atom stereocenters. The number of rotatable bonds is 9. The highest BCUT2D eigenvalue weighted by atomic mass is 32.1. The Bertz CT molecular complexity index is 1700. The maximum Gasteiger partial charge on any atom is 0.411 e. The molecular weight excluding hydrogens is 608 g/mol. The van der Waals surface area contributed by atoms with E-state index in [1.807, 2.05) is 37.4 Å². The SMILES string of the molecule is C=CC1CC1(NC(=O)C1C(C)C(Oc2cc(-c3nc(C(C)C)cs3)nc3c(C)c(OC)ccc23)CN1C(=O)OC(C)(C)C)C(=O)O. The fraction of sp³-hybridized carbons (Fsp3) is 0.500. The standard InChI is InChI=1S/C34H42N4O7S/c1-10-20-14-34(20,31(40)41)37-29(39)28-19(5)26(15-38(28)32(42)45-33(6,7)8)44-25-13-22(30-36-23(16-46-30)17(2)3)35-27-18(4)24(43-9)12-11-21(25)27/h10-13,16-17,19-20,26,28H,1,14-15H2,2-9H3,(H,37,39)(H,40,41). The highest BCUT2D eigenvalue weighted by Gasteiger charge is 2.62. The average molecular weight is 651 g/mol. The quantitative estimate of drug-likeness (QED) is 0.269. The van der Waals surface area contributed by atoms with Gasteiger partial charge in [-0.3, -0.25) is 9.69 Å². The summed E-state index contributed by atoms with van der Waals surface area (Å²) in [7, 11) is 1.61. The number of hydrogen-bond donors (Lipinski definition) is 2. The van der Waals surface area contributed by atoms with Crippen molar-refractivity contribution in [2.24, 2.45) is 11.8 Å². The minimum absolute atomic E-state index is 0.0438. The number of aliphatic carboxylic acids is 1. The Labute approximate surface area is 273 Å². The van der Waals surface area contributed by atoms with Crippen LogP contribution in [0, 0.1) is 18.8 Å². The summed E-state index contributed by atoms with van der Waals surface area (Å²) < 4.78 is 18.0. The van der Waals surface area contributed by atoms with Gasteiger partial charge in [0.1, 0.15) is 45.5 Å². The highest BCUT2D eigenvalue weighted by Crippen LogP contribution is 2.45. The summed E-state index contributed by atoms with van der Waals surface area (Å²) in [6.45, 7) is 16.9. The van der Waals surface area contributed by atoms with E-state index in [4.69, 9.17) is 24.2 Å². The van der Waals surface area contributed by atoms with Gasteiger partial charge in [0.05, 0.1) is 24.9 Å². The number of carbonyl (C=O) groups excluding carboxylic acids is 2. The zero-order valence-electron chi connectivity index (χ0n) is 27.5. The van der Waals surface area contributed by atoms with E-state index >= 15 is 0 Å². The second-order valence-corrected chi connectivity index (χ2v) is 14.3. The van der Waals surface area contributed by atoms with Crippen molar-refractivity contribution in [2.45, 2.75) is 84.1 Å². The lowest BCUT2D eigenvalue weighted by atomic mass is 9.98. The van der Waals surface area contributed by atoms with E-state index in [9.17, 15) is 19.5 Å². The molecule has 1 saturated heterocycles. The number of nitrogens with zero attached hydrogens (tertiary/aromatic N) is 3. The fourth-order valence-corrected chi connectivity index (χ4v) is 6.88. The van der Waals surface area contributed by atoms with Crippen LogP contribution in [0.15, 0.2) is 36.2 Å². The van der Waals surface area contributed by atoms with Crippen LogP contribution < -0.4 is 14.8 Å². The van der Waals surface area contributed by atoms with E-state index in [2.05, 4.69) is 25.7 Å². The summed E-state index contributed by atoms with van der Waals surface area (Å²) in [5, 5.41) is 16.2. The first-order chi connectivity index (χ1) is 21.6. The third-order valence-corrected chi connectivity index (χ3v) is 9.58. The first-order valence-corrected chi connectivity index (χ1v) is 16.3. The van der Waals surface area contributed by atoms with E-state index in [1.165, 1.54) is 22.3 Å². The molecule has 2 amide bonds. The number of amides is 2. The van der Waals surface area contributed by atoms with Crippen LogP contribution in [-0.2, 0) is 14.3 Å². The Kier molecular flexibility index (Phi) is 8.80. The summed E-state index contributed by atoms with van der Waals surface area (Å²) >= 11 is 1.50. The van der Waals surface area contributed by atoms with Crippen molar-refractivity contribution in [1.29, 1.82) is 0 Å². The number of pyridine rings is 1. The molecule has 3 aromatic rings. The normalized spacial score (nSPS) is 24.2. The lowest BCUT2D eigenvalue weighted by molar-refractivity contribution is -0.144. The summed E-state index contributed by atoms with van der Waals surface area (Å²) in [5.74, 6) is -1.21. The van der Waals surface area contributed by atoms with Crippen molar-refractivity contribution in [3.63, 3.8) is 0 Å². The predicted molar refractivity (Wildman–Crippen MR) is 175 cm³/mol. The van der Waals surface area contributed by atoms with Gasteiger partial charge in [-0.15, -0.1) is 17.9 Å². The fourth-order valence-electron chi connectivity index (χ4n) is 5.94. The van der Waals surface area contributed by atoms with Crippen LogP contribution in [0.3, 0.4) is 0 Å². The van der Waals surface area contributed by atoms with Crippen molar-refractivity contribution in [1.82, 2.24) is 20.2 Å². The molecule has 1 aromatic carbocycles. The number of carboxylic acid groups (broad SMARTS) is 1. The van der Waals surface area contributed by atoms with Gasteiger partial charge in [-0.1, -0.05) is 26.8 Å². The maximum atomic E-state index is 13.8. The number of aryl methyl sites for hydroxylation is 1. The lowest BCUT2D eigenvalue weighted by Crippen LogP contribution is -2.55. The van der Waals surface area contributed by atoms with Crippen LogP contribution in [0.1, 0.15) is 65.1 Å². The summed E-state index contributed by atoms with van der Waals surface area (Å²) in [6, 6.07) is 4.53. The minimum atomic E-state index is -1.45. The maximum absolute atomic E-state index is 13.8. The summed E-state index contributed by atoms with van der Waals surface area (Å²) in [4.78, 5) is 50.6. The molecule has 2 aromatic heterocycles. The van der Waals surface area contributed by atoms with E-state index in [0.29, 0.717) is 22.7 Å². The molecule has 1 aliphatic heterocycles. The van der Waals surface area contributed by atoms with Crippen molar-refractivity contribution >= 4 is 40.2 Å². The molecule has 0 spiro atoms. The van der Waals surface area contributed by atoms with E-state index in [1.54, 1.807) is 27.9 Å². The number of hydrogen-bond acceptors (Lipinski definition) is 9. The van der Waals surface area contributed by atoms with Gasteiger partial charge in [0.2, 0.25) is 5.91 Å². The number of carboxylic acids is 1. The molecule has 5 unspecified atom stereocenters. The topological polar surface area (TPSA) is 140 Å². The van der Waals surface area contributed by atoms with Crippen LogP contribution >= 0.6 is 11.3 Å². The number of aromatic nitrogens is 2. The smallest absolute Gasteiger partial charge is 0.411 e. The number of likely N-dealkylation sites (tertiary alicyclic amines) is 1. The number of methoxy groups -OCH3 is 1. The van der Waals surface area contributed by atoms with E-state index in [-0.39, 0.29) is 18.9 Å². The Morgan fingerprint density at radius 1 is 1.22 bits per heavy atom. The van der Waals surface area contributed by atoms with E-state index < -0.39 is 53.1 Å². The number of fused-ring (bicyclic) bond motifs is 1. The Balaban J connectivity index is 1.54. The monoisotopic (exact) mass is 650 g/mol. The molecule has 2 N–H and O–H groups in total. The summed E-state index contributed by atoms with van der Waals surface area (Å²) in [6.07, 6.45) is 0.437. The average Bonchev–Trinajstić information content (AvgIpc) is 3.30. The van der Waals surface area contributed by atoms with Crippen LogP contribution in [-0.4, -0.2) is 74.9 Å². The van der Waals surface area contributed by atoms with Crippen molar-refractivity contribution in [3.8, 4) is 22.2 Å². The van der Waals surface area contributed by atoms with Crippen molar-refractivity contribution in [2.75, 3.05) is 13.7 Å². The third kappa shape index (κ3) is 6.14. The molecule has 1 saturated carbocycles. The molecular formula is C34H42N4O7S. The van der Waals surface area contributed by atoms with Crippen molar-refractivity contribution in [3.05, 3.63) is 47.5 Å². The molecule has 46 heavy (non-hydrogen) atoms. The molecule has 3 heterocycles. The van der Waals surface area contributed by atoms with Crippen LogP contribution in [0.5, 0.6) is 11.5 Å². The molecule has 12 heteroatoms. The number of carbonyl (C=O) groups is 3. The zero-order valence-corrected chi connectivity index (χ0v) is 28.4. The van der Waals surface area contributed by atoms with Gasteiger partial charge >= 0.3 is 12.1 Å². The Morgan fingerprint density at radius 2 is 1.93 bits per heavy atom. The molecule has 0 radical (unpaired) electrons. The Morgan fingerprint density at radius 3 is 2.50 bits per heavy atom. The largest absolute Gasteiger partial charge is 0.496 e. The first kappa shape index (κ1) is 33.2. The van der Waals surface area contributed by atoms with E-state index in [0.717, 1.165) is 21.7 Å². The van der Waals surface area contributed by atoms with Crippen molar-refractivity contribution < 1.29 is 33.7 Å².